The summed E-state index contributed by atoms with van der Waals surface area (Å²) in [6.45, 7) is 4.36. The molecule has 1 nitrogen and oxygen atoms in total. The SMILES string of the molecule is CC1CC2CC(C)C(O)(c3cc(F)ccc3-c3cccc(Cl)c3)C2C1. The highest BCUT2D eigenvalue weighted by Gasteiger charge is 2.56. The molecular formula is C22H24ClFO. The summed E-state index contributed by atoms with van der Waals surface area (Å²) < 4.78 is 14.2. The van der Waals surface area contributed by atoms with Crippen molar-refractivity contribution in [3.8, 4) is 11.1 Å². The minimum atomic E-state index is -0.977. The second-order valence-electron chi connectivity index (χ2n) is 8.11. The van der Waals surface area contributed by atoms with Crippen molar-refractivity contribution in [2.24, 2.45) is 23.7 Å². The Kier molecular flexibility index (Phi) is 4.16. The number of aliphatic hydroxyl groups is 1. The predicted octanol–water partition coefficient (Wildman–Crippen LogP) is 6.04. The molecule has 2 aliphatic carbocycles. The minimum absolute atomic E-state index is 0.120. The van der Waals surface area contributed by atoms with E-state index in [1.165, 1.54) is 18.6 Å². The van der Waals surface area contributed by atoms with E-state index in [4.69, 9.17) is 11.6 Å². The Balaban J connectivity index is 1.88. The smallest absolute Gasteiger partial charge is 0.123 e. The van der Waals surface area contributed by atoms with Gasteiger partial charge in [0.05, 0.1) is 5.60 Å². The molecular weight excluding hydrogens is 335 g/mol. The van der Waals surface area contributed by atoms with Gasteiger partial charge in [0.2, 0.25) is 0 Å². The Bertz CT molecular complexity index is 804. The van der Waals surface area contributed by atoms with Crippen LogP contribution in [0.25, 0.3) is 11.1 Å². The number of hydrogen-bond acceptors (Lipinski definition) is 1. The van der Waals surface area contributed by atoms with Gasteiger partial charge in [-0.1, -0.05) is 43.6 Å². The van der Waals surface area contributed by atoms with Gasteiger partial charge in [-0.15, -0.1) is 0 Å². The van der Waals surface area contributed by atoms with E-state index in [2.05, 4.69) is 13.8 Å². The molecule has 0 aromatic heterocycles. The third-order valence-corrected chi connectivity index (χ3v) is 6.69. The first-order valence-electron chi connectivity index (χ1n) is 9.18. The molecule has 0 amide bonds. The molecule has 2 aromatic carbocycles. The van der Waals surface area contributed by atoms with E-state index in [0.29, 0.717) is 16.9 Å². The van der Waals surface area contributed by atoms with Gasteiger partial charge in [-0.05, 0) is 83.9 Å². The van der Waals surface area contributed by atoms with E-state index in [1.54, 1.807) is 6.07 Å². The second kappa shape index (κ2) is 6.10. The minimum Gasteiger partial charge on any atom is -0.385 e. The fraction of sp³-hybridized carbons (Fsp3) is 0.455. The van der Waals surface area contributed by atoms with Crippen LogP contribution >= 0.6 is 11.6 Å². The fourth-order valence-electron chi connectivity index (χ4n) is 5.42. The lowest BCUT2D eigenvalue weighted by Crippen LogP contribution is -2.36. The van der Waals surface area contributed by atoms with Crippen LogP contribution in [0.2, 0.25) is 5.02 Å². The Labute approximate surface area is 153 Å². The predicted molar refractivity (Wildman–Crippen MR) is 99.9 cm³/mol. The van der Waals surface area contributed by atoms with Crippen molar-refractivity contribution in [1.82, 2.24) is 0 Å². The van der Waals surface area contributed by atoms with Crippen molar-refractivity contribution in [1.29, 1.82) is 0 Å². The summed E-state index contributed by atoms with van der Waals surface area (Å²) in [5.74, 6) is 1.19. The van der Waals surface area contributed by atoms with E-state index >= 15 is 0 Å². The fourth-order valence-corrected chi connectivity index (χ4v) is 5.61. The molecule has 5 unspecified atom stereocenters. The molecule has 0 aliphatic heterocycles. The highest BCUT2D eigenvalue weighted by Crippen LogP contribution is 2.59. The Morgan fingerprint density at radius 3 is 2.64 bits per heavy atom. The molecule has 1 N–H and O–H groups in total. The molecule has 5 atom stereocenters. The van der Waals surface area contributed by atoms with Crippen LogP contribution in [-0.2, 0) is 5.60 Å². The maximum absolute atomic E-state index is 14.2. The lowest BCUT2D eigenvalue weighted by molar-refractivity contribution is -0.0409. The van der Waals surface area contributed by atoms with Crippen LogP contribution in [0.15, 0.2) is 42.5 Å². The normalized spacial score (nSPS) is 34.3. The van der Waals surface area contributed by atoms with E-state index in [-0.39, 0.29) is 17.7 Å². The first kappa shape index (κ1) is 17.1. The van der Waals surface area contributed by atoms with Gasteiger partial charge < -0.3 is 5.11 Å². The second-order valence-corrected chi connectivity index (χ2v) is 8.54. The zero-order valence-corrected chi connectivity index (χ0v) is 15.4. The number of hydrogen-bond donors (Lipinski definition) is 1. The summed E-state index contributed by atoms with van der Waals surface area (Å²) in [5, 5.41) is 12.5. The summed E-state index contributed by atoms with van der Waals surface area (Å²) in [6, 6.07) is 12.4. The largest absolute Gasteiger partial charge is 0.385 e. The van der Waals surface area contributed by atoms with Crippen LogP contribution in [0.4, 0.5) is 4.39 Å². The molecule has 2 saturated carbocycles. The van der Waals surface area contributed by atoms with Crippen molar-refractivity contribution in [2.75, 3.05) is 0 Å². The highest BCUT2D eigenvalue weighted by atomic mass is 35.5. The maximum atomic E-state index is 14.2. The van der Waals surface area contributed by atoms with Crippen LogP contribution in [0.3, 0.4) is 0 Å². The first-order chi connectivity index (χ1) is 11.9. The highest BCUT2D eigenvalue weighted by molar-refractivity contribution is 6.30. The van der Waals surface area contributed by atoms with Crippen LogP contribution in [0.1, 0.15) is 38.7 Å². The molecule has 0 spiro atoms. The molecule has 0 saturated heterocycles. The van der Waals surface area contributed by atoms with Crippen LogP contribution in [0, 0.1) is 29.5 Å². The molecule has 2 fully saturated rings. The standard InChI is InChI=1S/C22H24ClFO/c1-13-8-16-10-14(2)22(25,20(16)9-13)21-12-18(24)6-7-19(21)15-4-3-5-17(23)11-15/h3-7,11-14,16,20,25H,8-10H2,1-2H3. The zero-order chi connectivity index (χ0) is 17.8. The molecule has 132 valence electrons. The molecule has 0 heterocycles. The van der Waals surface area contributed by atoms with Gasteiger partial charge in [0.15, 0.2) is 0 Å². The molecule has 4 rings (SSSR count). The zero-order valence-electron chi connectivity index (χ0n) is 14.7. The van der Waals surface area contributed by atoms with Crippen molar-refractivity contribution >= 4 is 11.6 Å². The Hall–Kier alpha value is -1.38. The molecule has 2 aliphatic rings. The third kappa shape index (κ3) is 2.71. The van der Waals surface area contributed by atoms with Gasteiger partial charge >= 0.3 is 0 Å². The van der Waals surface area contributed by atoms with Crippen molar-refractivity contribution < 1.29 is 9.50 Å². The number of fused-ring (bicyclic) bond motifs is 1. The molecule has 25 heavy (non-hydrogen) atoms. The van der Waals surface area contributed by atoms with Gasteiger partial charge in [0.1, 0.15) is 5.82 Å². The van der Waals surface area contributed by atoms with Crippen molar-refractivity contribution in [3.05, 3.63) is 58.9 Å². The lowest BCUT2D eigenvalue weighted by Gasteiger charge is -2.36. The van der Waals surface area contributed by atoms with Crippen LogP contribution < -0.4 is 0 Å². The van der Waals surface area contributed by atoms with E-state index < -0.39 is 5.60 Å². The average Bonchev–Trinajstić information content (AvgIpc) is 3.04. The average molecular weight is 359 g/mol. The quantitative estimate of drug-likeness (QED) is 0.694. The van der Waals surface area contributed by atoms with Crippen molar-refractivity contribution in [2.45, 2.75) is 38.7 Å². The van der Waals surface area contributed by atoms with Crippen LogP contribution in [-0.4, -0.2) is 5.11 Å². The lowest BCUT2D eigenvalue weighted by atomic mass is 9.74. The Morgan fingerprint density at radius 2 is 1.88 bits per heavy atom. The van der Waals surface area contributed by atoms with Gasteiger partial charge in [-0.3, -0.25) is 0 Å². The molecule has 2 aromatic rings. The monoisotopic (exact) mass is 358 g/mol. The summed E-state index contributed by atoms with van der Waals surface area (Å²) in [5.41, 5.74) is 1.56. The topological polar surface area (TPSA) is 20.2 Å². The third-order valence-electron chi connectivity index (χ3n) is 6.45. The molecule has 0 bridgehead atoms. The summed E-state index contributed by atoms with van der Waals surface area (Å²) >= 11 is 6.17. The Morgan fingerprint density at radius 1 is 1.08 bits per heavy atom. The van der Waals surface area contributed by atoms with Crippen molar-refractivity contribution in [3.63, 3.8) is 0 Å². The first-order valence-corrected chi connectivity index (χ1v) is 9.55. The maximum Gasteiger partial charge on any atom is 0.123 e. The molecule has 3 heteroatoms. The van der Waals surface area contributed by atoms with Gasteiger partial charge in [0.25, 0.3) is 0 Å². The molecule has 0 radical (unpaired) electrons. The van der Waals surface area contributed by atoms with E-state index in [1.807, 2.05) is 24.3 Å². The van der Waals surface area contributed by atoms with E-state index in [0.717, 1.165) is 29.5 Å². The number of benzene rings is 2. The summed E-state index contributed by atoms with van der Waals surface area (Å²) in [6.07, 6.45) is 3.19. The van der Waals surface area contributed by atoms with Crippen LogP contribution in [0.5, 0.6) is 0 Å². The van der Waals surface area contributed by atoms with Gasteiger partial charge in [0, 0.05) is 5.02 Å². The van der Waals surface area contributed by atoms with E-state index in [9.17, 15) is 9.50 Å². The summed E-state index contributed by atoms with van der Waals surface area (Å²) in [4.78, 5) is 0. The van der Waals surface area contributed by atoms with Gasteiger partial charge in [-0.2, -0.15) is 0 Å². The number of rotatable bonds is 2. The summed E-state index contributed by atoms with van der Waals surface area (Å²) in [7, 11) is 0. The number of halogens is 2. The van der Waals surface area contributed by atoms with Gasteiger partial charge in [-0.25, -0.2) is 4.39 Å².